The highest BCUT2D eigenvalue weighted by Crippen LogP contribution is 2.39. The SMILES string of the molecule is CS(=O)(=O)c1cccc(CC(NC(=O)c2c(Cl)cc3c(NC(=O)c4cc5ccccc5o4)nsc3c2Cl)C(=O)O)c1. The minimum atomic E-state index is -3.51. The fourth-order valence-electron chi connectivity index (χ4n) is 4.14. The Bertz CT molecular complexity index is 1940. The molecule has 41 heavy (non-hydrogen) atoms. The highest BCUT2D eigenvalue weighted by atomic mass is 35.5. The molecule has 0 saturated carbocycles. The monoisotopic (exact) mass is 631 g/mol. The van der Waals surface area contributed by atoms with E-state index in [9.17, 15) is 27.9 Å². The first-order valence-corrected chi connectivity index (χ1v) is 15.2. The number of nitrogens with one attached hydrogen (secondary N) is 2. The van der Waals surface area contributed by atoms with Crippen LogP contribution in [-0.2, 0) is 21.1 Å². The summed E-state index contributed by atoms with van der Waals surface area (Å²) in [5.74, 6) is -2.52. The molecule has 14 heteroatoms. The Morgan fingerprint density at radius 2 is 1.80 bits per heavy atom. The molecule has 0 aliphatic rings. The van der Waals surface area contributed by atoms with Crippen molar-refractivity contribution in [3.05, 3.63) is 87.6 Å². The van der Waals surface area contributed by atoms with Crippen LogP contribution in [0, 0.1) is 0 Å². The summed E-state index contributed by atoms with van der Waals surface area (Å²) in [5.41, 5.74) is 0.765. The number of hydrogen-bond acceptors (Lipinski definition) is 8. The van der Waals surface area contributed by atoms with Crippen molar-refractivity contribution in [3.8, 4) is 0 Å². The Morgan fingerprint density at radius 3 is 2.51 bits per heavy atom. The second kappa shape index (κ2) is 11.1. The van der Waals surface area contributed by atoms with Crippen molar-refractivity contribution < 1.29 is 32.3 Å². The molecule has 2 heterocycles. The van der Waals surface area contributed by atoms with Crippen LogP contribution in [0.2, 0.25) is 10.0 Å². The van der Waals surface area contributed by atoms with Crippen molar-refractivity contribution in [1.82, 2.24) is 9.69 Å². The van der Waals surface area contributed by atoms with Crippen LogP contribution in [0.15, 0.2) is 70.0 Å². The third-order valence-electron chi connectivity index (χ3n) is 6.13. The summed E-state index contributed by atoms with van der Waals surface area (Å²) in [6.07, 6.45) is 0.846. The number of halogens is 2. The van der Waals surface area contributed by atoms with Crippen LogP contribution in [-0.4, -0.2) is 48.0 Å². The lowest BCUT2D eigenvalue weighted by Crippen LogP contribution is -2.42. The number of carboxylic acid groups (broad SMARTS) is 1. The van der Waals surface area contributed by atoms with Crippen molar-refractivity contribution in [1.29, 1.82) is 0 Å². The summed E-state index contributed by atoms with van der Waals surface area (Å²) in [4.78, 5) is 38.0. The van der Waals surface area contributed by atoms with Crippen molar-refractivity contribution >= 4 is 89.2 Å². The molecule has 0 aliphatic heterocycles. The Balaban J connectivity index is 1.39. The molecule has 2 aromatic heterocycles. The third kappa shape index (κ3) is 5.91. The predicted molar refractivity (Wildman–Crippen MR) is 156 cm³/mol. The zero-order valence-electron chi connectivity index (χ0n) is 21.0. The quantitative estimate of drug-likeness (QED) is 0.205. The molecule has 2 amide bonds. The van der Waals surface area contributed by atoms with Gasteiger partial charge in [0.15, 0.2) is 21.4 Å². The fraction of sp³-hybridized carbons (Fsp3) is 0.111. The van der Waals surface area contributed by atoms with Gasteiger partial charge in [-0.05, 0) is 47.4 Å². The van der Waals surface area contributed by atoms with Crippen LogP contribution in [0.3, 0.4) is 0 Å². The molecule has 3 aromatic carbocycles. The summed E-state index contributed by atoms with van der Waals surface area (Å²) in [7, 11) is -3.51. The molecular formula is C27H19Cl2N3O7S2. The number of sulfone groups is 1. The number of benzene rings is 3. The highest BCUT2D eigenvalue weighted by Gasteiger charge is 2.27. The number of carbonyl (C=O) groups excluding carboxylic acids is 2. The second-order valence-electron chi connectivity index (χ2n) is 9.05. The molecule has 1 unspecified atom stereocenters. The van der Waals surface area contributed by atoms with Gasteiger partial charge in [-0.2, -0.15) is 4.37 Å². The lowest BCUT2D eigenvalue weighted by Gasteiger charge is -2.16. The summed E-state index contributed by atoms with van der Waals surface area (Å²) in [5, 5.41) is 15.8. The number of carboxylic acids is 1. The van der Waals surface area contributed by atoms with Gasteiger partial charge in [-0.15, -0.1) is 0 Å². The van der Waals surface area contributed by atoms with Crippen LogP contribution < -0.4 is 10.6 Å². The van der Waals surface area contributed by atoms with Crippen LogP contribution in [0.25, 0.3) is 21.1 Å². The van der Waals surface area contributed by atoms with Gasteiger partial charge in [-0.3, -0.25) is 9.59 Å². The molecule has 0 saturated heterocycles. The van der Waals surface area contributed by atoms with E-state index in [4.69, 9.17) is 27.6 Å². The van der Waals surface area contributed by atoms with Gasteiger partial charge in [-0.25, -0.2) is 13.2 Å². The Kier molecular flexibility index (Phi) is 7.75. The number of furan rings is 1. The van der Waals surface area contributed by atoms with Gasteiger partial charge in [0.2, 0.25) is 0 Å². The lowest BCUT2D eigenvalue weighted by molar-refractivity contribution is -0.139. The largest absolute Gasteiger partial charge is 0.480 e. The van der Waals surface area contributed by atoms with Gasteiger partial charge in [0.05, 0.1) is 25.2 Å². The summed E-state index contributed by atoms with van der Waals surface area (Å²) < 4.78 is 33.9. The topological polar surface area (TPSA) is 156 Å². The highest BCUT2D eigenvalue weighted by molar-refractivity contribution is 7.90. The van der Waals surface area contributed by atoms with Gasteiger partial charge < -0.3 is 20.2 Å². The number of carbonyl (C=O) groups is 3. The number of amides is 2. The van der Waals surface area contributed by atoms with Crippen LogP contribution in [0.4, 0.5) is 5.82 Å². The van der Waals surface area contributed by atoms with Crippen LogP contribution >= 0.6 is 34.7 Å². The average molecular weight is 633 g/mol. The normalized spacial score (nSPS) is 12.4. The van der Waals surface area contributed by atoms with Gasteiger partial charge in [0.25, 0.3) is 11.8 Å². The molecule has 1 atom stereocenters. The number of aromatic nitrogens is 1. The number of rotatable bonds is 8. The van der Waals surface area contributed by atoms with E-state index in [0.717, 1.165) is 23.2 Å². The van der Waals surface area contributed by atoms with E-state index in [1.807, 2.05) is 12.1 Å². The van der Waals surface area contributed by atoms with E-state index in [-0.39, 0.29) is 38.5 Å². The fourth-order valence-corrected chi connectivity index (χ4v) is 6.32. The summed E-state index contributed by atoms with van der Waals surface area (Å²) in [6, 6.07) is 14.5. The van der Waals surface area contributed by atoms with E-state index >= 15 is 0 Å². The first kappa shape index (κ1) is 28.6. The number of nitrogens with zero attached hydrogens (tertiary/aromatic N) is 1. The molecule has 0 aliphatic carbocycles. The molecule has 210 valence electrons. The van der Waals surface area contributed by atoms with E-state index < -0.39 is 33.7 Å². The maximum absolute atomic E-state index is 13.2. The first-order chi connectivity index (χ1) is 19.4. The Hall–Kier alpha value is -3.97. The van der Waals surface area contributed by atoms with E-state index in [1.54, 1.807) is 24.3 Å². The molecule has 5 aromatic rings. The number of fused-ring (bicyclic) bond motifs is 2. The standard InChI is InChI=1S/C27H19Cl2N3O7S2/c1-41(37,38)15-7-4-5-13(9-15)10-18(27(35)36)30-26(34)21-17(28)12-16-23(22(21)29)40-32-24(16)31-25(33)20-11-14-6-2-3-8-19(14)39-20/h2-9,11-12,18H,10H2,1H3,(H,30,34)(H,35,36)(H,31,32,33). The molecular weight excluding hydrogens is 613 g/mol. The van der Waals surface area contributed by atoms with Crippen molar-refractivity contribution in [2.45, 2.75) is 17.4 Å². The maximum atomic E-state index is 13.2. The van der Waals surface area contributed by atoms with Gasteiger partial charge >= 0.3 is 5.97 Å². The third-order valence-corrected chi connectivity index (χ3v) is 8.91. The minimum absolute atomic E-state index is 0.0235. The van der Waals surface area contributed by atoms with Crippen LogP contribution in [0.1, 0.15) is 26.5 Å². The Labute approximate surface area is 247 Å². The molecule has 5 rings (SSSR count). The van der Waals surface area contributed by atoms with Gasteiger partial charge in [0.1, 0.15) is 11.6 Å². The molecule has 0 spiro atoms. The molecule has 10 nitrogen and oxygen atoms in total. The van der Waals surface area contributed by atoms with Crippen molar-refractivity contribution in [2.24, 2.45) is 0 Å². The van der Waals surface area contributed by atoms with E-state index in [0.29, 0.717) is 21.2 Å². The molecule has 0 radical (unpaired) electrons. The molecule has 0 fully saturated rings. The van der Waals surface area contributed by atoms with Crippen LogP contribution in [0.5, 0.6) is 0 Å². The van der Waals surface area contributed by atoms with Crippen molar-refractivity contribution in [3.63, 3.8) is 0 Å². The zero-order valence-corrected chi connectivity index (χ0v) is 24.1. The number of hydrogen-bond donors (Lipinski definition) is 3. The summed E-state index contributed by atoms with van der Waals surface area (Å²) in [6.45, 7) is 0. The van der Waals surface area contributed by atoms with Gasteiger partial charge in [0, 0.05) is 23.4 Å². The zero-order chi connectivity index (χ0) is 29.5. The molecule has 0 bridgehead atoms. The minimum Gasteiger partial charge on any atom is -0.480 e. The van der Waals surface area contributed by atoms with E-state index in [1.165, 1.54) is 24.3 Å². The maximum Gasteiger partial charge on any atom is 0.326 e. The number of para-hydroxylation sites is 1. The first-order valence-electron chi connectivity index (χ1n) is 11.8. The number of anilines is 1. The number of aliphatic carboxylic acids is 1. The predicted octanol–water partition coefficient (Wildman–Crippen LogP) is 5.43. The Morgan fingerprint density at radius 1 is 1.05 bits per heavy atom. The average Bonchev–Trinajstić information content (AvgIpc) is 3.52. The van der Waals surface area contributed by atoms with E-state index in [2.05, 4.69) is 15.0 Å². The second-order valence-corrected chi connectivity index (χ2v) is 12.6. The van der Waals surface area contributed by atoms with Gasteiger partial charge in [-0.1, -0.05) is 53.5 Å². The summed E-state index contributed by atoms with van der Waals surface area (Å²) >= 11 is 13.9. The smallest absolute Gasteiger partial charge is 0.326 e. The molecule has 3 N–H and O–H groups in total. The lowest BCUT2D eigenvalue weighted by atomic mass is 10.1. The van der Waals surface area contributed by atoms with Crippen molar-refractivity contribution in [2.75, 3.05) is 11.6 Å².